The molecule has 1 N–H and O–H groups in total. The number of amides is 1. The monoisotopic (exact) mass is 324 g/mol. The molecule has 0 bridgehead atoms. The highest BCUT2D eigenvalue weighted by atomic mass is 16.5. The Morgan fingerprint density at radius 3 is 2.88 bits per heavy atom. The molecule has 24 heavy (non-hydrogen) atoms. The number of hydrogen-bond acceptors (Lipinski definition) is 3. The number of hydrogen-bond donors (Lipinski definition) is 1. The number of para-hydroxylation sites is 1. The summed E-state index contributed by atoms with van der Waals surface area (Å²) in [6.45, 7) is 4.73. The van der Waals surface area contributed by atoms with Crippen molar-refractivity contribution in [3.05, 3.63) is 53.6 Å². The second kappa shape index (κ2) is 6.95. The Morgan fingerprint density at radius 1 is 1.29 bits per heavy atom. The number of ether oxygens (including phenoxy) is 1. The maximum absolute atomic E-state index is 12.7. The molecule has 0 radical (unpaired) electrons. The molecule has 1 aliphatic heterocycles. The predicted octanol–water partition coefficient (Wildman–Crippen LogP) is 3.78. The summed E-state index contributed by atoms with van der Waals surface area (Å²) >= 11 is 0. The molecule has 0 aliphatic carbocycles. The van der Waals surface area contributed by atoms with Crippen LogP contribution in [0, 0.1) is 6.92 Å². The van der Waals surface area contributed by atoms with Gasteiger partial charge in [-0.3, -0.25) is 4.79 Å². The number of rotatable bonds is 5. The molecular formula is C20H24N2O2. The Bertz CT molecular complexity index is 742. The number of benzene rings is 2. The average molecular weight is 324 g/mol. The Balaban J connectivity index is 1.64. The Labute approximate surface area is 143 Å². The molecule has 1 atom stereocenters. The fourth-order valence-electron chi connectivity index (χ4n) is 3.33. The van der Waals surface area contributed by atoms with E-state index >= 15 is 0 Å². The van der Waals surface area contributed by atoms with E-state index in [1.807, 2.05) is 48.2 Å². The van der Waals surface area contributed by atoms with Gasteiger partial charge in [-0.05, 0) is 49.6 Å². The van der Waals surface area contributed by atoms with Crippen LogP contribution in [0.4, 0.5) is 11.4 Å². The number of nitrogens with one attached hydrogen (secondary N) is 1. The summed E-state index contributed by atoms with van der Waals surface area (Å²) in [5.74, 6) is 0.958. The number of carbonyl (C=O) groups is 1. The minimum absolute atomic E-state index is 0.159. The number of anilines is 2. The molecule has 0 saturated heterocycles. The summed E-state index contributed by atoms with van der Waals surface area (Å²) in [5, 5.41) is 3.33. The third kappa shape index (κ3) is 3.23. The SMILES string of the molecule is COc1ccc(C)cc1NCCC(=O)N1c2ccccc2CC1C. The molecule has 0 fully saturated rings. The van der Waals surface area contributed by atoms with E-state index in [1.165, 1.54) is 5.56 Å². The van der Waals surface area contributed by atoms with Gasteiger partial charge in [0.1, 0.15) is 5.75 Å². The molecule has 0 aromatic heterocycles. The highest BCUT2D eigenvalue weighted by Crippen LogP contribution is 2.32. The van der Waals surface area contributed by atoms with Crippen molar-refractivity contribution in [2.24, 2.45) is 0 Å². The molecular weight excluding hydrogens is 300 g/mol. The van der Waals surface area contributed by atoms with Gasteiger partial charge >= 0.3 is 0 Å². The summed E-state index contributed by atoms with van der Waals surface area (Å²) in [6.07, 6.45) is 1.39. The highest BCUT2D eigenvalue weighted by molar-refractivity contribution is 5.96. The first-order valence-corrected chi connectivity index (χ1v) is 8.38. The number of fused-ring (bicyclic) bond motifs is 1. The summed E-state index contributed by atoms with van der Waals surface area (Å²) in [6, 6.07) is 14.4. The van der Waals surface area contributed by atoms with Crippen molar-refractivity contribution in [2.45, 2.75) is 32.7 Å². The maximum atomic E-state index is 12.7. The van der Waals surface area contributed by atoms with E-state index in [-0.39, 0.29) is 11.9 Å². The minimum Gasteiger partial charge on any atom is -0.495 e. The van der Waals surface area contributed by atoms with Gasteiger partial charge in [0, 0.05) is 24.7 Å². The largest absolute Gasteiger partial charge is 0.495 e. The van der Waals surface area contributed by atoms with Gasteiger partial charge < -0.3 is 15.0 Å². The molecule has 0 saturated carbocycles. The van der Waals surface area contributed by atoms with Crippen molar-refractivity contribution >= 4 is 17.3 Å². The topological polar surface area (TPSA) is 41.6 Å². The number of methoxy groups -OCH3 is 1. The first kappa shape index (κ1) is 16.4. The minimum atomic E-state index is 0.159. The third-order valence-corrected chi connectivity index (χ3v) is 4.49. The van der Waals surface area contributed by atoms with Crippen LogP contribution in [0.1, 0.15) is 24.5 Å². The molecule has 4 heteroatoms. The van der Waals surface area contributed by atoms with Gasteiger partial charge in [-0.1, -0.05) is 24.3 Å². The zero-order valence-corrected chi connectivity index (χ0v) is 14.5. The number of aryl methyl sites for hydroxylation is 1. The lowest BCUT2D eigenvalue weighted by molar-refractivity contribution is -0.118. The van der Waals surface area contributed by atoms with Crippen LogP contribution >= 0.6 is 0 Å². The molecule has 126 valence electrons. The Kier molecular flexibility index (Phi) is 4.74. The van der Waals surface area contributed by atoms with Gasteiger partial charge in [0.15, 0.2) is 0 Å². The van der Waals surface area contributed by atoms with Gasteiger partial charge in [0.05, 0.1) is 12.8 Å². The van der Waals surface area contributed by atoms with Crippen molar-refractivity contribution in [1.29, 1.82) is 0 Å². The molecule has 2 aromatic carbocycles. The van der Waals surface area contributed by atoms with Crippen LogP contribution in [0.3, 0.4) is 0 Å². The van der Waals surface area contributed by atoms with Crippen LogP contribution in [0.2, 0.25) is 0 Å². The fraction of sp³-hybridized carbons (Fsp3) is 0.350. The van der Waals surface area contributed by atoms with Crippen LogP contribution in [-0.2, 0) is 11.2 Å². The summed E-state index contributed by atoms with van der Waals surface area (Å²) in [7, 11) is 1.66. The predicted molar refractivity (Wildman–Crippen MR) is 97.9 cm³/mol. The van der Waals surface area contributed by atoms with E-state index in [9.17, 15) is 4.79 Å². The van der Waals surface area contributed by atoms with Crippen LogP contribution < -0.4 is 15.0 Å². The van der Waals surface area contributed by atoms with E-state index in [0.717, 1.165) is 29.1 Å². The molecule has 3 rings (SSSR count). The molecule has 1 heterocycles. The smallest absolute Gasteiger partial charge is 0.229 e. The van der Waals surface area contributed by atoms with E-state index < -0.39 is 0 Å². The molecule has 1 aliphatic rings. The van der Waals surface area contributed by atoms with Crippen molar-refractivity contribution in [2.75, 3.05) is 23.9 Å². The van der Waals surface area contributed by atoms with Gasteiger partial charge in [0.2, 0.25) is 5.91 Å². The average Bonchev–Trinajstić information content (AvgIpc) is 2.90. The highest BCUT2D eigenvalue weighted by Gasteiger charge is 2.29. The van der Waals surface area contributed by atoms with Crippen molar-refractivity contribution in [3.63, 3.8) is 0 Å². The zero-order valence-electron chi connectivity index (χ0n) is 14.5. The quantitative estimate of drug-likeness (QED) is 0.910. The molecule has 1 amide bonds. The summed E-state index contributed by atoms with van der Waals surface area (Å²) in [4.78, 5) is 14.6. The number of carbonyl (C=O) groups excluding carboxylic acids is 1. The lowest BCUT2D eigenvalue weighted by Crippen LogP contribution is -2.36. The lowest BCUT2D eigenvalue weighted by Gasteiger charge is -2.23. The standard InChI is InChI=1S/C20H24N2O2/c1-14-8-9-19(24-3)17(12-14)21-11-10-20(23)22-15(2)13-16-6-4-5-7-18(16)22/h4-9,12,15,21H,10-11,13H2,1-3H3. The van der Waals surface area contributed by atoms with Gasteiger partial charge in [-0.25, -0.2) is 0 Å². The van der Waals surface area contributed by atoms with E-state index in [0.29, 0.717) is 13.0 Å². The second-order valence-corrected chi connectivity index (χ2v) is 6.33. The molecule has 4 nitrogen and oxygen atoms in total. The normalized spacial score (nSPS) is 16.0. The molecule has 0 spiro atoms. The Morgan fingerprint density at radius 2 is 2.08 bits per heavy atom. The number of nitrogens with zero attached hydrogens (tertiary/aromatic N) is 1. The van der Waals surface area contributed by atoms with Crippen molar-refractivity contribution in [1.82, 2.24) is 0 Å². The third-order valence-electron chi connectivity index (χ3n) is 4.49. The Hall–Kier alpha value is -2.49. The van der Waals surface area contributed by atoms with Crippen LogP contribution in [0.25, 0.3) is 0 Å². The summed E-state index contributed by atoms with van der Waals surface area (Å²) in [5.41, 5.74) is 4.40. The summed E-state index contributed by atoms with van der Waals surface area (Å²) < 4.78 is 5.36. The van der Waals surface area contributed by atoms with E-state index in [4.69, 9.17) is 4.74 Å². The lowest BCUT2D eigenvalue weighted by atomic mass is 10.1. The first-order chi connectivity index (χ1) is 11.6. The van der Waals surface area contributed by atoms with Crippen LogP contribution in [0.5, 0.6) is 5.75 Å². The maximum Gasteiger partial charge on any atom is 0.229 e. The first-order valence-electron chi connectivity index (χ1n) is 8.38. The van der Waals surface area contributed by atoms with Crippen molar-refractivity contribution in [3.8, 4) is 5.75 Å². The van der Waals surface area contributed by atoms with Crippen LogP contribution in [0.15, 0.2) is 42.5 Å². The fourth-order valence-corrected chi connectivity index (χ4v) is 3.33. The van der Waals surface area contributed by atoms with E-state index in [1.54, 1.807) is 7.11 Å². The van der Waals surface area contributed by atoms with E-state index in [2.05, 4.69) is 18.3 Å². The molecule has 2 aromatic rings. The van der Waals surface area contributed by atoms with Gasteiger partial charge in [0.25, 0.3) is 0 Å². The zero-order chi connectivity index (χ0) is 17.1. The van der Waals surface area contributed by atoms with Gasteiger partial charge in [-0.15, -0.1) is 0 Å². The van der Waals surface area contributed by atoms with Gasteiger partial charge in [-0.2, -0.15) is 0 Å². The van der Waals surface area contributed by atoms with Crippen molar-refractivity contribution < 1.29 is 9.53 Å². The molecule has 1 unspecified atom stereocenters. The van der Waals surface area contributed by atoms with Crippen LogP contribution in [-0.4, -0.2) is 25.6 Å². The second-order valence-electron chi connectivity index (χ2n) is 6.33.